The molecule has 1 aromatic heterocycles. The molecule has 0 saturated heterocycles. The zero-order valence-corrected chi connectivity index (χ0v) is 12.3. The molecule has 10 heteroatoms. The molecule has 0 fully saturated rings. The molecule has 0 aliphatic rings. The van der Waals surface area contributed by atoms with E-state index in [0.717, 1.165) is 10.4 Å². The quantitative estimate of drug-likeness (QED) is 0.303. The van der Waals surface area contributed by atoms with Crippen molar-refractivity contribution < 1.29 is 22.5 Å². The molecule has 0 unspecified atom stereocenters. The van der Waals surface area contributed by atoms with Gasteiger partial charge in [0.25, 0.3) is 10.0 Å². The first kappa shape index (κ1) is 14.2. The molecule has 102 valence electrons. The fourth-order valence-corrected chi connectivity index (χ4v) is 4.20. The highest BCUT2D eigenvalue weighted by Crippen LogP contribution is 2.33. The molecule has 1 heterocycles. The first-order valence-corrected chi connectivity index (χ1v) is 8.36. The van der Waals surface area contributed by atoms with Crippen molar-refractivity contribution in [3.05, 3.63) is 22.2 Å². The summed E-state index contributed by atoms with van der Waals surface area (Å²) >= 11 is 2.77. The zero-order valence-electron chi connectivity index (χ0n) is 9.85. The van der Waals surface area contributed by atoms with Gasteiger partial charge in [0.1, 0.15) is 11.7 Å². The van der Waals surface area contributed by atoms with E-state index < -0.39 is 25.6 Å². The number of thioether (sulfide) groups is 1. The Labute approximate surface area is 116 Å². The number of fused-ring (bicyclic) bond motifs is 1. The zero-order chi connectivity index (χ0) is 14.4. The second-order valence-corrected chi connectivity index (χ2v) is 7.12. The second kappa shape index (κ2) is 4.71. The van der Waals surface area contributed by atoms with Gasteiger partial charge in [0.05, 0.1) is 4.92 Å². The Morgan fingerprint density at radius 3 is 2.58 bits per heavy atom. The Balaban J connectivity index is 2.91. The maximum atomic E-state index is 11.2. The largest absolute Gasteiger partial charge is 0.301 e. The molecule has 0 saturated carbocycles. The number of nitrogens with zero attached hydrogens (tertiary/aromatic N) is 2. The van der Waals surface area contributed by atoms with E-state index in [4.69, 9.17) is 4.55 Å². The van der Waals surface area contributed by atoms with Crippen LogP contribution in [0.2, 0.25) is 0 Å². The lowest BCUT2D eigenvalue weighted by atomic mass is 10.3. The summed E-state index contributed by atoms with van der Waals surface area (Å²) in [5.74, 6) is 0. The van der Waals surface area contributed by atoms with Crippen LogP contribution in [-0.2, 0) is 17.2 Å². The van der Waals surface area contributed by atoms with Gasteiger partial charge in [0.2, 0.25) is 5.52 Å². The molecule has 0 radical (unpaired) electrons. The van der Waals surface area contributed by atoms with Crippen LogP contribution >= 0.6 is 23.1 Å². The summed E-state index contributed by atoms with van der Waals surface area (Å²) in [6.07, 6.45) is 1.85. The SMILES string of the molecule is CSc1sc2cc([N+](=O)[O-])c(S(=O)(=O)O)cc2[n+]1C. The molecule has 0 amide bonds. The highest BCUT2D eigenvalue weighted by molar-refractivity contribution is 8.00. The van der Waals surface area contributed by atoms with Gasteiger partial charge in [0, 0.05) is 12.1 Å². The van der Waals surface area contributed by atoms with Crippen molar-refractivity contribution in [3.63, 3.8) is 0 Å². The fourth-order valence-electron chi connectivity index (χ4n) is 1.67. The van der Waals surface area contributed by atoms with Gasteiger partial charge < -0.3 is 0 Å². The first-order chi connectivity index (χ1) is 8.75. The minimum atomic E-state index is -4.64. The number of benzene rings is 1. The lowest BCUT2D eigenvalue weighted by Gasteiger charge is -1.98. The molecule has 0 aliphatic carbocycles. The Hall–Kier alpha value is -1.23. The van der Waals surface area contributed by atoms with Crippen LogP contribution in [0.4, 0.5) is 5.69 Å². The van der Waals surface area contributed by atoms with Gasteiger partial charge in [-0.3, -0.25) is 14.7 Å². The maximum Gasteiger partial charge on any atom is 0.301 e. The lowest BCUT2D eigenvalue weighted by Crippen LogP contribution is -2.28. The van der Waals surface area contributed by atoms with E-state index in [0.29, 0.717) is 10.2 Å². The van der Waals surface area contributed by atoms with Crippen molar-refractivity contribution in [2.75, 3.05) is 6.26 Å². The highest BCUT2D eigenvalue weighted by Gasteiger charge is 2.29. The van der Waals surface area contributed by atoms with Crippen molar-refractivity contribution in [2.24, 2.45) is 7.05 Å². The molecule has 0 spiro atoms. The van der Waals surface area contributed by atoms with Gasteiger partial charge in [-0.1, -0.05) is 11.3 Å². The Bertz CT molecular complexity index is 781. The predicted octanol–water partition coefficient (Wildman–Crippen LogP) is 1.60. The van der Waals surface area contributed by atoms with E-state index in [2.05, 4.69) is 0 Å². The molecule has 2 aromatic rings. The summed E-state index contributed by atoms with van der Waals surface area (Å²) in [5, 5.41) is 10.9. The van der Waals surface area contributed by atoms with E-state index in [1.807, 2.05) is 6.26 Å². The number of hydrogen-bond acceptors (Lipinski definition) is 6. The first-order valence-electron chi connectivity index (χ1n) is 4.88. The average Bonchev–Trinajstić information content (AvgIpc) is 2.63. The number of aryl methyl sites for hydroxylation is 1. The number of hydrogen-bond donors (Lipinski definition) is 1. The van der Waals surface area contributed by atoms with E-state index in [-0.39, 0.29) is 0 Å². The van der Waals surface area contributed by atoms with Gasteiger partial charge in [-0.15, -0.1) is 0 Å². The Kier molecular flexibility index (Phi) is 3.51. The van der Waals surface area contributed by atoms with Crippen LogP contribution in [0.15, 0.2) is 21.4 Å². The van der Waals surface area contributed by atoms with Crippen molar-refractivity contribution in [2.45, 2.75) is 9.24 Å². The third kappa shape index (κ3) is 2.43. The van der Waals surface area contributed by atoms with Gasteiger partial charge in [-0.2, -0.15) is 13.0 Å². The number of nitro groups is 1. The van der Waals surface area contributed by atoms with Crippen LogP contribution in [0, 0.1) is 10.1 Å². The normalized spacial score (nSPS) is 11.9. The van der Waals surface area contributed by atoms with Crippen LogP contribution in [-0.4, -0.2) is 24.1 Å². The summed E-state index contributed by atoms with van der Waals surface area (Å²) in [5.41, 5.74) is -0.0999. The van der Waals surface area contributed by atoms with Crippen LogP contribution < -0.4 is 4.57 Å². The van der Waals surface area contributed by atoms with Crippen LogP contribution in [0.5, 0.6) is 0 Å². The second-order valence-electron chi connectivity index (χ2n) is 3.65. The summed E-state index contributed by atoms with van der Waals surface area (Å²) in [6, 6.07) is 2.29. The summed E-state index contributed by atoms with van der Waals surface area (Å²) < 4.78 is 34.7. The molecule has 0 bridgehead atoms. The molecular weight excluding hydrogens is 312 g/mol. The molecule has 7 nitrogen and oxygen atoms in total. The van der Waals surface area contributed by atoms with Crippen LogP contribution in [0.3, 0.4) is 0 Å². The maximum absolute atomic E-state index is 11.2. The van der Waals surface area contributed by atoms with Crippen molar-refractivity contribution in [1.82, 2.24) is 0 Å². The van der Waals surface area contributed by atoms with E-state index in [9.17, 15) is 18.5 Å². The summed E-state index contributed by atoms with van der Waals surface area (Å²) in [4.78, 5) is 9.39. The average molecular weight is 321 g/mol. The van der Waals surface area contributed by atoms with Crippen molar-refractivity contribution >= 4 is 49.1 Å². The van der Waals surface area contributed by atoms with Crippen molar-refractivity contribution in [1.29, 1.82) is 0 Å². The summed E-state index contributed by atoms with van der Waals surface area (Å²) in [6.45, 7) is 0. The lowest BCUT2D eigenvalue weighted by molar-refractivity contribution is -0.676. The monoisotopic (exact) mass is 321 g/mol. The van der Waals surface area contributed by atoms with Gasteiger partial charge in [-0.05, 0) is 18.0 Å². The number of thiazole rings is 1. The predicted molar refractivity (Wildman–Crippen MR) is 71.3 cm³/mol. The molecule has 0 atom stereocenters. The van der Waals surface area contributed by atoms with E-state index in [1.54, 1.807) is 11.6 Å². The minimum Gasteiger partial charge on any atom is -0.282 e. The smallest absolute Gasteiger partial charge is 0.282 e. The van der Waals surface area contributed by atoms with Crippen LogP contribution in [0.1, 0.15) is 0 Å². The highest BCUT2D eigenvalue weighted by atomic mass is 32.2. The third-order valence-electron chi connectivity index (χ3n) is 2.52. The van der Waals surface area contributed by atoms with Crippen molar-refractivity contribution in [3.8, 4) is 0 Å². The molecule has 1 N–H and O–H groups in total. The fraction of sp³-hybridized carbons (Fsp3) is 0.222. The molecule has 2 rings (SSSR count). The topological polar surface area (TPSA) is 101 Å². The summed E-state index contributed by atoms with van der Waals surface area (Å²) in [7, 11) is -2.91. The third-order valence-corrected chi connectivity index (χ3v) is 5.77. The Morgan fingerprint density at radius 1 is 1.47 bits per heavy atom. The van der Waals surface area contributed by atoms with E-state index >= 15 is 0 Å². The molecule has 19 heavy (non-hydrogen) atoms. The van der Waals surface area contributed by atoms with Gasteiger partial charge in [0.15, 0.2) is 4.90 Å². The van der Waals surface area contributed by atoms with Gasteiger partial charge in [-0.25, -0.2) is 0 Å². The van der Waals surface area contributed by atoms with Crippen LogP contribution in [0.25, 0.3) is 10.2 Å². The Morgan fingerprint density at radius 2 is 2.11 bits per heavy atom. The number of aromatic nitrogens is 1. The van der Waals surface area contributed by atoms with E-state index in [1.165, 1.54) is 29.2 Å². The standard InChI is InChI=1S/C9H8N2O5S3/c1-10-5-4-8(19(14,15)16)6(11(12)13)3-7(5)18-9(10)17-2/h3-4H,1-2H3/p+1. The number of rotatable bonds is 3. The number of nitro benzene ring substituents is 1. The minimum absolute atomic E-state index is 0.521. The molecular formula is C9H9N2O5S3+. The molecule has 0 aliphatic heterocycles. The van der Waals surface area contributed by atoms with Gasteiger partial charge >= 0.3 is 10.1 Å². The molecule has 1 aromatic carbocycles.